The highest BCUT2D eigenvalue weighted by atomic mass is 32.2. The molecule has 0 saturated heterocycles. The molecule has 0 aliphatic carbocycles. The summed E-state index contributed by atoms with van der Waals surface area (Å²) in [5, 5.41) is 0. The Bertz CT molecular complexity index is 1060. The number of carbonyl (C=O) groups excluding carboxylic acids is 1. The lowest BCUT2D eigenvalue weighted by molar-refractivity contribution is 0.0380. The van der Waals surface area contributed by atoms with Crippen LogP contribution in [0.3, 0.4) is 0 Å². The number of carbonyl (C=O) groups is 1. The van der Waals surface area contributed by atoms with E-state index in [1.807, 2.05) is 0 Å². The summed E-state index contributed by atoms with van der Waals surface area (Å²) < 4.78 is 83.6. The van der Waals surface area contributed by atoms with Crippen LogP contribution >= 0.6 is 0 Å². The average molecular weight is 461 g/mol. The Balaban J connectivity index is 2.63. The number of hydrogen-bond donors (Lipinski definition) is 0. The monoisotopic (exact) mass is 461 g/mol. The Morgan fingerprint density at radius 1 is 1.00 bits per heavy atom. The van der Waals surface area contributed by atoms with Gasteiger partial charge < -0.3 is 14.2 Å². The van der Waals surface area contributed by atoms with Crippen LogP contribution in [0.4, 0.5) is 18.0 Å². The third-order valence-corrected chi connectivity index (χ3v) is 5.68. The summed E-state index contributed by atoms with van der Waals surface area (Å²) >= 11 is 0. The third kappa shape index (κ3) is 5.60. The predicted octanol–water partition coefficient (Wildman–Crippen LogP) is 4.25. The summed E-state index contributed by atoms with van der Waals surface area (Å²) in [4.78, 5) is 11.3. The zero-order valence-electron chi connectivity index (χ0n) is 17.5. The molecule has 0 radical (unpaired) electrons. The Labute approximate surface area is 178 Å². The Hall–Kier alpha value is -2.95. The second kappa shape index (κ2) is 9.04. The zero-order valence-corrected chi connectivity index (χ0v) is 18.3. The van der Waals surface area contributed by atoms with Crippen molar-refractivity contribution >= 4 is 16.1 Å². The number of halogens is 3. The molecular formula is C20H22F3NO6S. The summed E-state index contributed by atoms with van der Waals surface area (Å²) in [7, 11) is -2.42. The van der Waals surface area contributed by atoms with Gasteiger partial charge in [0.1, 0.15) is 34.6 Å². The molecule has 170 valence electrons. The summed E-state index contributed by atoms with van der Waals surface area (Å²) in [6.45, 7) is 3.79. The molecule has 0 heterocycles. The van der Waals surface area contributed by atoms with Crippen LogP contribution in [0.15, 0.2) is 35.2 Å². The molecular weight excluding hydrogens is 439 g/mol. The van der Waals surface area contributed by atoms with Crippen molar-refractivity contribution in [1.29, 1.82) is 0 Å². The first-order valence-corrected chi connectivity index (χ1v) is 10.4. The molecule has 2 rings (SSSR count). The first-order valence-electron chi connectivity index (χ1n) is 8.91. The fourth-order valence-corrected chi connectivity index (χ4v) is 3.96. The van der Waals surface area contributed by atoms with Crippen LogP contribution in [0.25, 0.3) is 0 Å². The van der Waals surface area contributed by atoms with Gasteiger partial charge in [-0.15, -0.1) is 0 Å². The fourth-order valence-electron chi connectivity index (χ4n) is 2.58. The average Bonchev–Trinajstić information content (AvgIpc) is 2.63. The molecule has 0 spiro atoms. The van der Waals surface area contributed by atoms with Crippen LogP contribution in [0.5, 0.6) is 11.5 Å². The largest absolute Gasteiger partial charge is 0.497 e. The van der Waals surface area contributed by atoms with Gasteiger partial charge in [0.25, 0.3) is 10.0 Å². The summed E-state index contributed by atoms with van der Waals surface area (Å²) in [5.74, 6) is -4.14. The van der Waals surface area contributed by atoms with E-state index < -0.39 is 50.6 Å². The van der Waals surface area contributed by atoms with E-state index in [9.17, 15) is 26.4 Å². The van der Waals surface area contributed by atoms with Crippen molar-refractivity contribution in [2.45, 2.75) is 37.8 Å². The second-order valence-electron chi connectivity index (χ2n) is 7.37. The van der Waals surface area contributed by atoms with Gasteiger partial charge in [0, 0.05) is 23.8 Å². The number of hydrogen-bond acceptors (Lipinski definition) is 6. The Morgan fingerprint density at radius 3 is 2.06 bits per heavy atom. The number of ether oxygens (including phenoxy) is 3. The highest BCUT2D eigenvalue weighted by Crippen LogP contribution is 2.30. The first-order chi connectivity index (χ1) is 14.3. The van der Waals surface area contributed by atoms with Gasteiger partial charge in [-0.25, -0.2) is 26.4 Å². The minimum Gasteiger partial charge on any atom is -0.497 e. The smallest absolute Gasteiger partial charge is 0.424 e. The molecule has 0 unspecified atom stereocenters. The molecule has 7 nitrogen and oxygen atoms in total. The highest BCUT2D eigenvalue weighted by molar-refractivity contribution is 7.89. The summed E-state index contributed by atoms with van der Waals surface area (Å²) in [6.07, 6.45) is -1.38. The molecule has 0 aromatic heterocycles. The van der Waals surface area contributed by atoms with Crippen molar-refractivity contribution in [3.8, 4) is 11.5 Å². The Morgan fingerprint density at radius 2 is 1.58 bits per heavy atom. The molecule has 11 heteroatoms. The van der Waals surface area contributed by atoms with Crippen molar-refractivity contribution in [2.75, 3.05) is 14.2 Å². The summed E-state index contributed by atoms with van der Waals surface area (Å²) in [6, 6.07) is 4.75. The van der Waals surface area contributed by atoms with E-state index in [2.05, 4.69) is 0 Å². The lowest BCUT2D eigenvalue weighted by Gasteiger charge is -2.27. The van der Waals surface area contributed by atoms with Crippen LogP contribution in [0.1, 0.15) is 26.3 Å². The van der Waals surface area contributed by atoms with Gasteiger partial charge in [0.05, 0.1) is 20.8 Å². The van der Waals surface area contributed by atoms with Crippen LogP contribution in [-0.2, 0) is 21.3 Å². The van der Waals surface area contributed by atoms with Crippen LogP contribution in [0, 0.1) is 17.5 Å². The van der Waals surface area contributed by atoms with Crippen molar-refractivity contribution in [1.82, 2.24) is 4.31 Å². The molecule has 2 aromatic rings. The molecule has 0 atom stereocenters. The molecule has 0 N–H and O–H groups in total. The van der Waals surface area contributed by atoms with E-state index in [-0.39, 0.29) is 27.8 Å². The van der Waals surface area contributed by atoms with Crippen molar-refractivity contribution in [3.63, 3.8) is 0 Å². The van der Waals surface area contributed by atoms with E-state index in [4.69, 9.17) is 14.2 Å². The van der Waals surface area contributed by atoms with E-state index in [0.717, 1.165) is 0 Å². The van der Waals surface area contributed by atoms with Gasteiger partial charge in [-0.05, 0) is 32.9 Å². The number of rotatable bonds is 6. The number of sulfonamides is 1. The standard InChI is InChI=1S/C20H22F3NO6S/c1-20(2,3)30-19(25)24(11-12-6-7-14(28-4)10-17(12)29-5)31(26,27)18-15(22)8-13(21)9-16(18)23/h6-10H,11H2,1-5H3. The number of nitrogens with zero attached hydrogens (tertiary/aromatic N) is 1. The molecule has 2 aromatic carbocycles. The van der Waals surface area contributed by atoms with E-state index in [0.29, 0.717) is 5.75 Å². The predicted molar refractivity (Wildman–Crippen MR) is 105 cm³/mol. The van der Waals surface area contributed by atoms with Crippen molar-refractivity contribution in [3.05, 3.63) is 53.3 Å². The molecule has 0 aliphatic rings. The molecule has 1 amide bonds. The van der Waals surface area contributed by atoms with Crippen molar-refractivity contribution < 1.29 is 40.6 Å². The van der Waals surface area contributed by atoms with Gasteiger partial charge in [0.2, 0.25) is 0 Å². The minimum absolute atomic E-state index is 0.155. The summed E-state index contributed by atoms with van der Waals surface area (Å²) in [5.41, 5.74) is -0.935. The van der Waals surface area contributed by atoms with Gasteiger partial charge in [-0.1, -0.05) is 0 Å². The molecule has 0 fully saturated rings. The number of amides is 1. The van der Waals surface area contributed by atoms with Crippen LogP contribution in [-0.4, -0.2) is 38.6 Å². The van der Waals surface area contributed by atoms with Crippen LogP contribution in [0.2, 0.25) is 0 Å². The molecule has 31 heavy (non-hydrogen) atoms. The Kier molecular flexibility index (Phi) is 7.10. The lowest BCUT2D eigenvalue weighted by atomic mass is 10.2. The van der Waals surface area contributed by atoms with Crippen LogP contribution < -0.4 is 9.47 Å². The van der Waals surface area contributed by atoms with Crippen molar-refractivity contribution in [2.24, 2.45) is 0 Å². The van der Waals surface area contributed by atoms with E-state index in [1.54, 1.807) is 0 Å². The highest BCUT2D eigenvalue weighted by Gasteiger charge is 2.38. The maximum absolute atomic E-state index is 14.3. The van der Waals surface area contributed by atoms with Gasteiger partial charge in [0.15, 0.2) is 4.90 Å². The van der Waals surface area contributed by atoms with Gasteiger partial charge >= 0.3 is 6.09 Å². The van der Waals surface area contributed by atoms with E-state index in [1.165, 1.54) is 53.2 Å². The second-order valence-corrected chi connectivity index (χ2v) is 9.17. The molecule has 0 saturated carbocycles. The maximum Gasteiger partial charge on any atom is 0.424 e. The van der Waals surface area contributed by atoms with Gasteiger partial charge in [-0.3, -0.25) is 0 Å². The lowest BCUT2D eigenvalue weighted by Crippen LogP contribution is -2.41. The first kappa shape index (κ1) is 24.3. The topological polar surface area (TPSA) is 82.1 Å². The normalized spacial score (nSPS) is 11.7. The number of methoxy groups -OCH3 is 2. The minimum atomic E-state index is -5.13. The SMILES string of the molecule is COc1ccc(CN(C(=O)OC(C)(C)C)S(=O)(=O)c2c(F)cc(F)cc2F)c(OC)c1. The zero-order chi connectivity index (χ0) is 23.6. The third-order valence-electron chi connectivity index (χ3n) is 3.92. The maximum atomic E-state index is 14.3. The van der Waals surface area contributed by atoms with E-state index >= 15 is 0 Å². The fraction of sp³-hybridized carbons (Fsp3) is 0.350. The molecule has 0 aliphatic heterocycles. The van der Waals surface area contributed by atoms with Gasteiger partial charge in [-0.2, -0.15) is 4.31 Å². The quantitative estimate of drug-likeness (QED) is 0.640. The molecule has 0 bridgehead atoms. The number of benzene rings is 2.